The van der Waals surface area contributed by atoms with Crippen LogP contribution in [0.25, 0.3) is 0 Å². The van der Waals surface area contributed by atoms with E-state index in [9.17, 15) is 19.8 Å². The molecule has 0 aliphatic carbocycles. The van der Waals surface area contributed by atoms with Crippen LogP contribution >= 0.6 is 0 Å². The summed E-state index contributed by atoms with van der Waals surface area (Å²) in [5.41, 5.74) is 0. The number of hydrogen-bond donors (Lipinski definition) is 2. The molecule has 0 fully saturated rings. The molecule has 6 nitrogen and oxygen atoms in total. The van der Waals surface area contributed by atoms with E-state index in [4.69, 9.17) is 9.47 Å². The van der Waals surface area contributed by atoms with Crippen molar-refractivity contribution in [2.24, 2.45) is 5.92 Å². The van der Waals surface area contributed by atoms with Crippen molar-refractivity contribution in [3.8, 4) is 0 Å². The van der Waals surface area contributed by atoms with Gasteiger partial charge >= 0.3 is 11.9 Å². The van der Waals surface area contributed by atoms with Gasteiger partial charge in [-0.15, -0.1) is 0 Å². The zero-order chi connectivity index (χ0) is 36.8. The maximum Gasteiger partial charge on any atom is 0.306 e. The Hall–Kier alpha value is -2.18. The highest BCUT2D eigenvalue weighted by Crippen LogP contribution is 2.15. The number of carbonyl (C=O) groups excluding carboxylic acids is 2. The quantitative estimate of drug-likeness (QED) is 0.0383. The van der Waals surface area contributed by atoms with E-state index >= 15 is 0 Å². The highest BCUT2D eigenvalue weighted by atomic mass is 16.6. The second kappa shape index (κ2) is 38.1. The topological polar surface area (TPSA) is 93.1 Å². The lowest BCUT2D eigenvalue weighted by molar-refractivity contribution is -0.161. The number of aliphatic hydroxyl groups is 2. The van der Waals surface area contributed by atoms with E-state index in [1.807, 2.05) is 0 Å². The van der Waals surface area contributed by atoms with Crippen LogP contribution in [0.1, 0.15) is 188 Å². The number of ether oxygens (including phenoxy) is 2. The van der Waals surface area contributed by atoms with Crippen LogP contribution in [0.4, 0.5) is 0 Å². The van der Waals surface area contributed by atoms with E-state index in [-0.39, 0.29) is 37.7 Å². The standard InChI is InChI=1S/C44H78O6/c1-4-33-41(46)35-30-26-22-18-14-10-8-12-16-20-24-28-32-37-44(48)50-42(38-45)39-49-43(47)36-31-27-23-19-15-11-7-5-6-9-13-17-21-25-29-34-40(2)3/h8,12,14,18,20,24,26,30,40-42,45-46H,4-7,9-11,13,15-17,19,21-23,25,27-29,31-39H2,1-3H3/b12-8-,18-14-,24-20-,30-26-/t41?,42-/m0/s1. The van der Waals surface area contributed by atoms with Gasteiger partial charge in [0.25, 0.3) is 0 Å². The van der Waals surface area contributed by atoms with Crippen molar-refractivity contribution in [2.75, 3.05) is 13.2 Å². The number of unbranched alkanes of at least 4 members (excludes halogenated alkanes) is 15. The van der Waals surface area contributed by atoms with Crippen LogP contribution in [0.3, 0.4) is 0 Å². The van der Waals surface area contributed by atoms with E-state index in [2.05, 4.69) is 69.4 Å². The van der Waals surface area contributed by atoms with Gasteiger partial charge in [-0.1, -0.05) is 172 Å². The Morgan fingerprint density at radius 3 is 1.54 bits per heavy atom. The lowest BCUT2D eigenvalue weighted by Crippen LogP contribution is -2.28. The fourth-order valence-electron chi connectivity index (χ4n) is 5.75. The first-order chi connectivity index (χ1) is 24.4. The van der Waals surface area contributed by atoms with Crippen molar-refractivity contribution in [1.29, 1.82) is 0 Å². The van der Waals surface area contributed by atoms with Crippen molar-refractivity contribution < 1.29 is 29.3 Å². The Balaban J connectivity index is 3.65. The molecule has 0 amide bonds. The van der Waals surface area contributed by atoms with Crippen LogP contribution in [-0.2, 0) is 19.1 Å². The fraction of sp³-hybridized carbons (Fsp3) is 0.773. The molecule has 0 aromatic rings. The minimum atomic E-state index is -0.810. The van der Waals surface area contributed by atoms with Crippen molar-refractivity contribution in [3.05, 3.63) is 48.6 Å². The zero-order valence-electron chi connectivity index (χ0n) is 32.7. The average molecular weight is 703 g/mol. The van der Waals surface area contributed by atoms with Crippen LogP contribution in [0.5, 0.6) is 0 Å². The Kier molecular flexibility index (Phi) is 36.4. The summed E-state index contributed by atoms with van der Waals surface area (Å²) >= 11 is 0. The third-order valence-corrected chi connectivity index (χ3v) is 8.86. The maximum absolute atomic E-state index is 12.2. The first kappa shape index (κ1) is 47.8. The summed E-state index contributed by atoms with van der Waals surface area (Å²) in [6.07, 6.45) is 43.8. The third kappa shape index (κ3) is 37.1. The summed E-state index contributed by atoms with van der Waals surface area (Å²) in [5, 5.41) is 19.2. The summed E-state index contributed by atoms with van der Waals surface area (Å²) in [7, 11) is 0. The zero-order valence-corrected chi connectivity index (χ0v) is 32.7. The number of carbonyl (C=O) groups is 2. The van der Waals surface area contributed by atoms with E-state index in [0.29, 0.717) is 12.8 Å². The molecule has 0 saturated carbocycles. The Bertz CT molecular complexity index is 874. The Morgan fingerprint density at radius 2 is 1.04 bits per heavy atom. The Morgan fingerprint density at radius 1 is 0.580 bits per heavy atom. The molecule has 6 heteroatoms. The van der Waals surface area contributed by atoms with Crippen LogP contribution in [0, 0.1) is 5.92 Å². The number of rotatable bonds is 36. The molecule has 0 aromatic carbocycles. The normalized spacial score (nSPS) is 13.4. The molecule has 0 aliphatic heterocycles. The molecule has 0 aromatic heterocycles. The molecule has 0 saturated heterocycles. The molecule has 1 unspecified atom stereocenters. The number of aliphatic hydroxyl groups excluding tert-OH is 2. The summed E-state index contributed by atoms with van der Waals surface area (Å²) in [6.45, 7) is 6.25. The third-order valence-electron chi connectivity index (χ3n) is 8.86. The fourth-order valence-corrected chi connectivity index (χ4v) is 5.75. The number of hydrogen-bond acceptors (Lipinski definition) is 6. The first-order valence-electron chi connectivity index (χ1n) is 20.6. The lowest BCUT2D eigenvalue weighted by atomic mass is 10.0. The highest BCUT2D eigenvalue weighted by Gasteiger charge is 2.16. The molecule has 2 atom stereocenters. The lowest BCUT2D eigenvalue weighted by Gasteiger charge is -2.15. The van der Waals surface area contributed by atoms with Gasteiger partial charge in [0.05, 0.1) is 12.7 Å². The van der Waals surface area contributed by atoms with E-state index in [1.165, 1.54) is 83.5 Å². The molecule has 0 heterocycles. The van der Waals surface area contributed by atoms with E-state index in [1.54, 1.807) is 0 Å². The predicted molar refractivity (Wildman–Crippen MR) is 211 cm³/mol. The van der Waals surface area contributed by atoms with Gasteiger partial charge in [-0.3, -0.25) is 9.59 Å². The maximum atomic E-state index is 12.2. The van der Waals surface area contributed by atoms with Crippen molar-refractivity contribution in [1.82, 2.24) is 0 Å². The number of allylic oxidation sites excluding steroid dienone is 7. The molecule has 0 radical (unpaired) electrons. The Labute approximate surface area is 308 Å². The second-order valence-corrected chi connectivity index (χ2v) is 14.4. The molecule has 290 valence electrons. The van der Waals surface area contributed by atoms with E-state index in [0.717, 1.165) is 70.1 Å². The van der Waals surface area contributed by atoms with Crippen molar-refractivity contribution >= 4 is 11.9 Å². The first-order valence-corrected chi connectivity index (χ1v) is 20.6. The van der Waals surface area contributed by atoms with Crippen LogP contribution in [-0.4, -0.2) is 47.6 Å². The van der Waals surface area contributed by atoms with Gasteiger partial charge in [-0.2, -0.15) is 0 Å². The minimum Gasteiger partial charge on any atom is -0.462 e. The largest absolute Gasteiger partial charge is 0.462 e. The van der Waals surface area contributed by atoms with Crippen LogP contribution in [0.2, 0.25) is 0 Å². The van der Waals surface area contributed by atoms with Gasteiger partial charge in [0.15, 0.2) is 6.10 Å². The average Bonchev–Trinajstić information content (AvgIpc) is 3.09. The van der Waals surface area contributed by atoms with Crippen molar-refractivity contribution in [2.45, 2.75) is 200 Å². The molecule has 50 heavy (non-hydrogen) atoms. The van der Waals surface area contributed by atoms with Gasteiger partial charge in [0.1, 0.15) is 6.61 Å². The van der Waals surface area contributed by atoms with Gasteiger partial charge in [0.2, 0.25) is 0 Å². The molecule has 0 aliphatic rings. The smallest absolute Gasteiger partial charge is 0.306 e. The molecule has 0 spiro atoms. The number of esters is 2. The van der Waals surface area contributed by atoms with Crippen LogP contribution in [0.15, 0.2) is 48.6 Å². The molecular formula is C44H78O6. The SMILES string of the molecule is CCCC(O)C/C=C\C/C=C\C/C=C\C/C=C\CCCC(=O)O[C@@H](CO)COC(=O)CCCCCCCCCCCCCCCCCC(C)C. The summed E-state index contributed by atoms with van der Waals surface area (Å²) in [6, 6.07) is 0. The van der Waals surface area contributed by atoms with Gasteiger partial charge in [-0.05, 0) is 57.3 Å². The van der Waals surface area contributed by atoms with Crippen LogP contribution < -0.4 is 0 Å². The monoisotopic (exact) mass is 703 g/mol. The molecule has 0 rings (SSSR count). The van der Waals surface area contributed by atoms with Crippen molar-refractivity contribution in [3.63, 3.8) is 0 Å². The molecular weight excluding hydrogens is 624 g/mol. The summed E-state index contributed by atoms with van der Waals surface area (Å²) in [5.74, 6) is 0.175. The van der Waals surface area contributed by atoms with Gasteiger partial charge in [-0.25, -0.2) is 0 Å². The summed E-state index contributed by atoms with van der Waals surface area (Å²) in [4.78, 5) is 24.3. The van der Waals surface area contributed by atoms with Gasteiger partial charge in [0, 0.05) is 12.8 Å². The summed E-state index contributed by atoms with van der Waals surface area (Å²) < 4.78 is 10.6. The van der Waals surface area contributed by atoms with E-state index < -0.39 is 6.10 Å². The minimum absolute atomic E-state index is 0.0965. The molecule has 0 bridgehead atoms. The van der Waals surface area contributed by atoms with Gasteiger partial charge < -0.3 is 19.7 Å². The molecule has 2 N–H and O–H groups in total. The second-order valence-electron chi connectivity index (χ2n) is 14.4. The predicted octanol–water partition coefficient (Wildman–Crippen LogP) is 11.8. The highest BCUT2D eigenvalue weighted by molar-refractivity contribution is 5.70.